The Balaban J connectivity index is 2.53. The zero-order chi connectivity index (χ0) is 12.8. The van der Waals surface area contributed by atoms with Crippen LogP contribution in [0.5, 0.6) is 0 Å². The predicted octanol–water partition coefficient (Wildman–Crippen LogP) is 2.69. The van der Waals surface area contributed by atoms with Gasteiger partial charge in [0, 0.05) is 17.3 Å². The summed E-state index contributed by atoms with van der Waals surface area (Å²) in [7, 11) is 0. The largest absolute Gasteiger partial charge is 0.348 e. The standard InChI is InChI=1S/C13H22N2OS/c1-9(2)13(11-5-4-8-17-11)15-12(16)7-6-10(3)14/h4-5,8-10,13H,6-7,14H2,1-3H3,(H,15,16). The van der Waals surface area contributed by atoms with Crippen molar-refractivity contribution in [1.29, 1.82) is 0 Å². The minimum atomic E-state index is 0.0833. The second-order valence-electron chi connectivity index (χ2n) is 4.82. The molecule has 1 aromatic heterocycles. The van der Waals surface area contributed by atoms with Crippen molar-refractivity contribution in [3.05, 3.63) is 22.4 Å². The highest BCUT2D eigenvalue weighted by molar-refractivity contribution is 7.10. The molecule has 1 aromatic rings. The van der Waals surface area contributed by atoms with E-state index in [9.17, 15) is 4.79 Å². The fraction of sp³-hybridized carbons (Fsp3) is 0.615. The summed E-state index contributed by atoms with van der Waals surface area (Å²) < 4.78 is 0. The number of rotatable bonds is 6. The van der Waals surface area contributed by atoms with Crippen molar-refractivity contribution in [3.8, 4) is 0 Å². The summed E-state index contributed by atoms with van der Waals surface area (Å²) in [6, 6.07) is 4.29. The Hall–Kier alpha value is -0.870. The highest BCUT2D eigenvalue weighted by Gasteiger charge is 2.18. The zero-order valence-electron chi connectivity index (χ0n) is 10.8. The SMILES string of the molecule is CC(N)CCC(=O)NC(c1cccs1)C(C)C. The predicted molar refractivity (Wildman–Crippen MR) is 72.9 cm³/mol. The monoisotopic (exact) mass is 254 g/mol. The van der Waals surface area contributed by atoms with Crippen molar-refractivity contribution >= 4 is 17.2 Å². The molecule has 0 aliphatic heterocycles. The maximum absolute atomic E-state index is 11.8. The van der Waals surface area contributed by atoms with Gasteiger partial charge in [0.15, 0.2) is 0 Å². The molecule has 0 fully saturated rings. The van der Waals surface area contributed by atoms with E-state index in [1.54, 1.807) is 11.3 Å². The molecular weight excluding hydrogens is 232 g/mol. The molecule has 4 heteroatoms. The molecule has 2 atom stereocenters. The van der Waals surface area contributed by atoms with Gasteiger partial charge in [-0.15, -0.1) is 11.3 Å². The van der Waals surface area contributed by atoms with Crippen LogP contribution < -0.4 is 11.1 Å². The Labute approximate surface area is 107 Å². The van der Waals surface area contributed by atoms with Gasteiger partial charge in [-0.05, 0) is 30.7 Å². The Morgan fingerprint density at radius 1 is 1.47 bits per heavy atom. The number of thiophene rings is 1. The number of hydrogen-bond acceptors (Lipinski definition) is 3. The summed E-state index contributed by atoms with van der Waals surface area (Å²) in [4.78, 5) is 13.0. The Morgan fingerprint density at radius 3 is 2.65 bits per heavy atom. The fourth-order valence-electron chi connectivity index (χ4n) is 1.64. The number of hydrogen-bond donors (Lipinski definition) is 2. The van der Waals surface area contributed by atoms with Gasteiger partial charge >= 0.3 is 0 Å². The van der Waals surface area contributed by atoms with Gasteiger partial charge in [0.2, 0.25) is 5.91 Å². The molecule has 3 nitrogen and oxygen atoms in total. The van der Waals surface area contributed by atoms with Crippen LogP contribution >= 0.6 is 11.3 Å². The Bertz CT molecular complexity index is 333. The van der Waals surface area contributed by atoms with Crippen molar-refractivity contribution in [2.24, 2.45) is 11.7 Å². The molecule has 0 aromatic carbocycles. The molecule has 0 bridgehead atoms. The van der Waals surface area contributed by atoms with Crippen LogP contribution in [0.1, 0.15) is 44.5 Å². The van der Waals surface area contributed by atoms with Gasteiger partial charge in [-0.25, -0.2) is 0 Å². The molecule has 2 unspecified atom stereocenters. The van der Waals surface area contributed by atoms with E-state index >= 15 is 0 Å². The molecular formula is C13H22N2OS. The van der Waals surface area contributed by atoms with E-state index in [2.05, 4.69) is 25.2 Å². The van der Waals surface area contributed by atoms with Crippen molar-refractivity contribution in [2.75, 3.05) is 0 Å². The van der Waals surface area contributed by atoms with E-state index in [0.29, 0.717) is 12.3 Å². The third kappa shape index (κ3) is 4.88. The van der Waals surface area contributed by atoms with Crippen LogP contribution in [0.15, 0.2) is 17.5 Å². The third-order valence-electron chi connectivity index (χ3n) is 2.66. The maximum Gasteiger partial charge on any atom is 0.220 e. The molecule has 1 amide bonds. The average Bonchev–Trinajstić information content (AvgIpc) is 2.75. The molecule has 0 aliphatic rings. The number of amides is 1. The summed E-state index contributed by atoms with van der Waals surface area (Å²) in [5.41, 5.74) is 5.65. The van der Waals surface area contributed by atoms with E-state index in [-0.39, 0.29) is 18.0 Å². The molecule has 3 N–H and O–H groups in total. The lowest BCUT2D eigenvalue weighted by Crippen LogP contribution is -2.32. The normalized spacial score (nSPS) is 14.6. The van der Waals surface area contributed by atoms with Gasteiger partial charge in [0.25, 0.3) is 0 Å². The minimum absolute atomic E-state index is 0.0833. The van der Waals surface area contributed by atoms with E-state index in [1.807, 2.05) is 18.4 Å². The number of nitrogens with two attached hydrogens (primary N) is 1. The quantitative estimate of drug-likeness (QED) is 0.820. The minimum Gasteiger partial charge on any atom is -0.348 e. The van der Waals surface area contributed by atoms with Crippen LogP contribution in [-0.2, 0) is 4.79 Å². The van der Waals surface area contributed by atoms with E-state index in [4.69, 9.17) is 5.73 Å². The molecule has 17 heavy (non-hydrogen) atoms. The Kier molecular flexibility index (Phi) is 5.65. The van der Waals surface area contributed by atoms with Gasteiger partial charge in [-0.3, -0.25) is 4.79 Å². The first kappa shape index (κ1) is 14.2. The lowest BCUT2D eigenvalue weighted by molar-refractivity contribution is -0.122. The molecule has 1 rings (SSSR count). The van der Waals surface area contributed by atoms with Gasteiger partial charge < -0.3 is 11.1 Å². The van der Waals surface area contributed by atoms with E-state index < -0.39 is 0 Å². The van der Waals surface area contributed by atoms with Crippen LogP contribution in [0, 0.1) is 5.92 Å². The number of nitrogens with one attached hydrogen (secondary N) is 1. The van der Waals surface area contributed by atoms with E-state index in [1.165, 1.54) is 4.88 Å². The lowest BCUT2D eigenvalue weighted by atomic mass is 10.0. The van der Waals surface area contributed by atoms with Crippen LogP contribution in [0.3, 0.4) is 0 Å². The van der Waals surface area contributed by atoms with Crippen molar-refractivity contribution in [1.82, 2.24) is 5.32 Å². The molecule has 0 spiro atoms. The van der Waals surface area contributed by atoms with Crippen LogP contribution in [0.4, 0.5) is 0 Å². The highest BCUT2D eigenvalue weighted by Crippen LogP contribution is 2.25. The van der Waals surface area contributed by atoms with Gasteiger partial charge in [-0.2, -0.15) is 0 Å². The first-order valence-corrected chi connectivity index (χ1v) is 6.97. The van der Waals surface area contributed by atoms with Gasteiger partial charge in [0.1, 0.15) is 0 Å². The molecule has 0 saturated carbocycles. The molecule has 0 saturated heterocycles. The van der Waals surface area contributed by atoms with Crippen LogP contribution in [0.2, 0.25) is 0 Å². The van der Waals surface area contributed by atoms with Crippen LogP contribution in [0.25, 0.3) is 0 Å². The van der Waals surface area contributed by atoms with Gasteiger partial charge in [0.05, 0.1) is 6.04 Å². The lowest BCUT2D eigenvalue weighted by Gasteiger charge is -2.21. The first-order chi connectivity index (χ1) is 8.00. The highest BCUT2D eigenvalue weighted by atomic mass is 32.1. The second kappa shape index (κ2) is 6.77. The fourth-order valence-corrected chi connectivity index (χ4v) is 2.59. The average molecular weight is 254 g/mol. The van der Waals surface area contributed by atoms with Crippen molar-refractivity contribution < 1.29 is 4.79 Å². The second-order valence-corrected chi connectivity index (χ2v) is 5.80. The molecule has 0 aliphatic carbocycles. The van der Waals surface area contributed by atoms with Crippen LogP contribution in [-0.4, -0.2) is 11.9 Å². The smallest absolute Gasteiger partial charge is 0.220 e. The summed E-state index contributed by atoms with van der Waals surface area (Å²) in [6.07, 6.45) is 1.24. The van der Waals surface area contributed by atoms with Gasteiger partial charge in [-0.1, -0.05) is 19.9 Å². The summed E-state index contributed by atoms with van der Waals surface area (Å²) >= 11 is 1.69. The van der Waals surface area contributed by atoms with Crippen molar-refractivity contribution in [2.45, 2.75) is 45.7 Å². The number of carbonyl (C=O) groups is 1. The summed E-state index contributed by atoms with van der Waals surface area (Å²) in [5.74, 6) is 0.488. The Morgan fingerprint density at radius 2 is 2.18 bits per heavy atom. The maximum atomic E-state index is 11.8. The zero-order valence-corrected chi connectivity index (χ0v) is 11.6. The topological polar surface area (TPSA) is 55.1 Å². The third-order valence-corrected chi connectivity index (χ3v) is 3.62. The first-order valence-electron chi connectivity index (χ1n) is 6.09. The van der Waals surface area contributed by atoms with Crippen molar-refractivity contribution in [3.63, 3.8) is 0 Å². The molecule has 96 valence electrons. The number of carbonyl (C=O) groups excluding carboxylic acids is 1. The molecule has 0 radical (unpaired) electrons. The summed E-state index contributed by atoms with van der Waals surface area (Å²) in [5, 5.41) is 5.13. The molecule has 1 heterocycles. The summed E-state index contributed by atoms with van der Waals surface area (Å²) in [6.45, 7) is 6.17. The van der Waals surface area contributed by atoms with E-state index in [0.717, 1.165) is 6.42 Å².